The number of hydrogen-bond donors (Lipinski definition) is 0. The number of esters is 1. The molecule has 0 spiro atoms. The van der Waals surface area contributed by atoms with Crippen molar-refractivity contribution in [2.24, 2.45) is 5.92 Å². The summed E-state index contributed by atoms with van der Waals surface area (Å²) in [6, 6.07) is 6.23. The maximum atomic E-state index is 16.3. The molecule has 2 bridgehead atoms. The Bertz CT molecular complexity index is 1740. The smallest absolute Gasteiger partial charge is 0.412 e. The number of methoxy groups -OCH3 is 1. The molecule has 46 heavy (non-hydrogen) atoms. The van der Waals surface area contributed by atoms with Gasteiger partial charge in [0, 0.05) is 30.1 Å². The van der Waals surface area contributed by atoms with Gasteiger partial charge in [-0.2, -0.15) is 5.26 Å². The maximum absolute atomic E-state index is 16.3. The monoisotopic (exact) mass is 697 g/mol. The Morgan fingerprint density at radius 2 is 1.98 bits per heavy atom. The van der Waals surface area contributed by atoms with Crippen LogP contribution in [-0.2, 0) is 32.8 Å². The number of aryl methyl sites for hydroxylation is 2. The highest BCUT2D eigenvalue weighted by molar-refractivity contribution is 9.10. The number of carbonyl (C=O) groups excluding carboxylic acids is 2. The van der Waals surface area contributed by atoms with Gasteiger partial charge in [-0.3, -0.25) is 9.69 Å². The molecule has 3 aliphatic heterocycles. The fourth-order valence-corrected chi connectivity index (χ4v) is 7.96. The number of pyridine rings is 1. The summed E-state index contributed by atoms with van der Waals surface area (Å²) in [5.74, 6) is -0.283. The first-order valence-electron chi connectivity index (χ1n) is 16.0. The Labute approximate surface area is 276 Å². The van der Waals surface area contributed by atoms with Gasteiger partial charge in [-0.15, -0.1) is 0 Å². The van der Waals surface area contributed by atoms with Gasteiger partial charge in [0.15, 0.2) is 5.82 Å². The van der Waals surface area contributed by atoms with Crippen LogP contribution in [0.3, 0.4) is 0 Å². The number of amides is 1. The summed E-state index contributed by atoms with van der Waals surface area (Å²) >= 11 is 3.43. The first-order valence-corrected chi connectivity index (χ1v) is 16.8. The number of hydrogen-bond acceptors (Lipinski definition) is 8. The molecular formula is C34H41BrFN5O5. The van der Waals surface area contributed by atoms with Crippen LogP contribution in [0.15, 0.2) is 16.6 Å². The highest BCUT2D eigenvalue weighted by atomic mass is 79.9. The predicted molar refractivity (Wildman–Crippen MR) is 174 cm³/mol. The summed E-state index contributed by atoms with van der Waals surface area (Å²) in [7, 11) is 3.43. The molecule has 1 aromatic carbocycles. The third-order valence-electron chi connectivity index (χ3n) is 9.64. The molecule has 3 saturated heterocycles. The van der Waals surface area contributed by atoms with E-state index in [1.165, 1.54) is 7.11 Å². The van der Waals surface area contributed by atoms with Crippen LogP contribution in [0.25, 0.3) is 21.8 Å². The Hall–Kier alpha value is -3.43. The minimum absolute atomic E-state index is 0.126. The van der Waals surface area contributed by atoms with Crippen LogP contribution in [0.2, 0.25) is 0 Å². The van der Waals surface area contributed by atoms with Gasteiger partial charge in [0.2, 0.25) is 5.88 Å². The number of fused-ring (bicyclic) bond motifs is 4. The molecule has 0 radical (unpaired) electrons. The zero-order valence-corrected chi connectivity index (χ0v) is 28.7. The number of benzene rings is 1. The summed E-state index contributed by atoms with van der Waals surface area (Å²) in [4.78, 5) is 35.0. The lowest BCUT2D eigenvalue weighted by atomic mass is 9.79. The summed E-state index contributed by atoms with van der Waals surface area (Å²) in [5.41, 5.74) is 0.829. The molecule has 0 N–H and O–H groups in total. The zero-order chi connectivity index (χ0) is 33.0. The van der Waals surface area contributed by atoms with Crippen molar-refractivity contribution in [3.05, 3.63) is 33.7 Å². The van der Waals surface area contributed by atoms with Crippen molar-refractivity contribution in [2.75, 3.05) is 33.9 Å². The second-order valence-corrected chi connectivity index (χ2v) is 14.7. The molecule has 7 rings (SSSR count). The van der Waals surface area contributed by atoms with Crippen LogP contribution in [0, 0.1) is 23.1 Å². The summed E-state index contributed by atoms with van der Waals surface area (Å²) in [5, 5.41) is 10.6. The van der Waals surface area contributed by atoms with Crippen molar-refractivity contribution in [1.29, 1.82) is 5.26 Å². The maximum Gasteiger partial charge on any atom is 0.412 e. The van der Waals surface area contributed by atoms with Gasteiger partial charge < -0.3 is 23.7 Å². The Balaban J connectivity index is 1.60. The zero-order valence-electron chi connectivity index (χ0n) is 27.1. The summed E-state index contributed by atoms with van der Waals surface area (Å²) in [6.07, 6.45) is 4.11. The van der Waals surface area contributed by atoms with Crippen LogP contribution in [0.1, 0.15) is 70.6 Å². The van der Waals surface area contributed by atoms with Gasteiger partial charge in [0.25, 0.3) is 0 Å². The van der Waals surface area contributed by atoms with Gasteiger partial charge in [0.1, 0.15) is 23.4 Å². The quantitative estimate of drug-likeness (QED) is 0.235. The fraction of sp³-hybridized carbons (Fsp3) is 0.588. The van der Waals surface area contributed by atoms with Crippen LogP contribution in [-0.4, -0.2) is 76.9 Å². The number of nitrogens with zero attached hydrogens (tertiary/aromatic N) is 5. The number of carbonyl (C=O) groups is 2. The van der Waals surface area contributed by atoms with Crippen LogP contribution in [0.4, 0.5) is 9.18 Å². The molecule has 4 aliphatic rings. The second kappa shape index (κ2) is 12.3. The Kier molecular flexibility index (Phi) is 8.70. The van der Waals surface area contributed by atoms with Gasteiger partial charge in [-0.1, -0.05) is 0 Å². The standard InChI is InChI=1S/C34H41BrFN5O5/c1-33(2,3)46-32(43)40-18-20-16-34(40,17-20)41-22(10-11-26(42)44-5)15-25-30(41)24-14-21(8-6-12-37)27(35)28(36)29(24)38-31(25)45-19-23-9-7-13-39(23)4/h14-15,20,23H,6-11,13,16-19H2,1-5H3/t20?,23-,34?/m0/s1. The molecule has 0 unspecified atom stereocenters. The van der Waals surface area contributed by atoms with Gasteiger partial charge in [-0.25, -0.2) is 14.2 Å². The van der Waals surface area contributed by atoms with Crippen molar-refractivity contribution in [3.63, 3.8) is 0 Å². The van der Waals surface area contributed by atoms with Crippen molar-refractivity contribution in [3.8, 4) is 11.9 Å². The van der Waals surface area contributed by atoms with Gasteiger partial charge in [0.05, 0.1) is 35.0 Å². The topological polar surface area (TPSA) is 110 Å². The van der Waals surface area contributed by atoms with E-state index in [9.17, 15) is 14.9 Å². The molecule has 1 amide bonds. The fourth-order valence-electron chi connectivity index (χ4n) is 7.46. The first-order chi connectivity index (χ1) is 21.9. The molecule has 1 atom stereocenters. The molecule has 246 valence electrons. The molecule has 2 aromatic heterocycles. The number of rotatable bonds is 9. The number of nitriles is 1. The van der Waals surface area contributed by atoms with Crippen LogP contribution >= 0.6 is 15.9 Å². The Morgan fingerprint density at radius 1 is 1.22 bits per heavy atom. The molecule has 10 nitrogen and oxygen atoms in total. The van der Waals surface area contributed by atoms with Crippen molar-refractivity contribution in [1.82, 2.24) is 19.4 Å². The van der Waals surface area contributed by atoms with E-state index in [2.05, 4.69) is 38.5 Å². The molecular weight excluding hydrogens is 657 g/mol. The summed E-state index contributed by atoms with van der Waals surface area (Å²) in [6.45, 7) is 7.46. The van der Waals surface area contributed by atoms with Gasteiger partial charge >= 0.3 is 12.1 Å². The second-order valence-electron chi connectivity index (χ2n) is 13.9. The van der Waals surface area contributed by atoms with Crippen molar-refractivity contribution >= 4 is 49.8 Å². The lowest BCUT2D eigenvalue weighted by molar-refractivity contribution is -0.140. The minimum atomic E-state index is -0.770. The number of halogens is 2. The molecule has 3 aromatic rings. The van der Waals surface area contributed by atoms with Gasteiger partial charge in [-0.05, 0) is 112 Å². The SMILES string of the molecule is COC(=O)CCc1cc2c(OC[C@@H]3CCCN3C)nc3c(F)c(Br)c(CCC#N)cc3c2n1C12CC(CN1C(=O)OC(C)(C)C)C2. The lowest BCUT2D eigenvalue weighted by Gasteiger charge is -2.45. The number of likely N-dealkylation sites (tertiary alicyclic amines) is 1. The number of aromatic nitrogens is 2. The van der Waals surface area contributed by atoms with Crippen molar-refractivity contribution in [2.45, 2.75) is 89.4 Å². The van der Waals surface area contributed by atoms with E-state index in [0.717, 1.165) is 25.1 Å². The number of likely N-dealkylation sites (N-methyl/N-ethyl adjacent to an activating group) is 1. The lowest BCUT2D eigenvalue weighted by Crippen LogP contribution is -2.52. The van der Waals surface area contributed by atoms with E-state index in [4.69, 9.17) is 19.2 Å². The average Bonchev–Trinajstić information content (AvgIpc) is 3.76. The highest BCUT2D eigenvalue weighted by Gasteiger charge is 2.61. The van der Waals surface area contributed by atoms with E-state index in [1.807, 2.05) is 32.9 Å². The Morgan fingerprint density at radius 3 is 2.63 bits per heavy atom. The molecule has 1 saturated carbocycles. The van der Waals surface area contributed by atoms with E-state index in [0.29, 0.717) is 66.6 Å². The average molecular weight is 699 g/mol. The molecule has 5 heterocycles. The van der Waals surface area contributed by atoms with E-state index < -0.39 is 23.2 Å². The normalized spacial score (nSPS) is 22.7. The molecule has 12 heteroatoms. The van der Waals surface area contributed by atoms with E-state index >= 15 is 4.39 Å². The predicted octanol–water partition coefficient (Wildman–Crippen LogP) is 6.44. The van der Waals surface area contributed by atoms with Crippen LogP contribution < -0.4 is 4.74 Å². The largest absolute Gasteiger partial charge is 0.476 e. The third kappa shape index (κ3) is 5.70. The highest BCUT2D eigenvalue weighted by Crippen LogP contribution is 2.57. The summed E-state index contributed by atoms with van der Waals surface area (Å²) < 4.78 is 36.0. The third-order valence-corrected chi connectivity index (χ3v) is 10.5. The minimum Gasteiger partial charge on any atom is -0.476 e. The van der Waals surface area contributed by atoms with E-state index in [-0.39, 0.29) is 40.8 Å². The van der Waals surface area contributed by atoms with Crippen molar-refractivity contribution < 1.29 is 28.2 Å². The first kappa shape index (κ1) is 32.5. The van der Waals surface area contributed by atoms with E-state index in [1.54, 1.807) is 4.90 Å². The molecule has 4 fully saturated rings. The molecule has 1 aliphatic carbocycles. The van der Waals surface area contributed by atoms with Crippen LogP contribution in [0.5, 0.6) is 5.88 Å². The number of ether oxygens (including phenoxy) is 3.